The molecule has 1 heterocycles. The third-order valence-electron chi connectivity index (χ3n) is 4.52. The molecule has 0 saturated heterocycles. The zero-order valence-corrected chi connectivity index (χ0v) is 10.9. The van der Waals surface area contributed by atoms with Gasteiger partial charge in [0.05, 0.1) is 12.1 Å². The monoisotopic (exact) mass is 223 g/mol. The number of nitrogens with zero attached hydrogens (tertiary/aromatic N) is 2. The van der Waals surface area contributed by atoms with Gasteiger partial charge in [0.25, 0.3) is 0 Å². The Morgan fingerprint density at radius 2 is 2.25 bits per heavy atom. The van der Waals surface area contributed by atoms with E-state index in [2.05, 4.69) is 30.7 Å². The van der Waals surface area contributed by atoms with Gasteiger partial charge in [-0.25, -0.2) is 0 Å². The van der Waals surface area contributed by atoms with Crippen molar-refractivity contribution in [2.75, 3.05) is 13.1 Å². The molecule has 92 valence electrons. The third kappa shape index (κ3) is 1.70. The van der Waals surface area contributed by atoms with Crippen molar-refractivity contribution in [2.24, 2.45) is 22.6 Å². The number of nitrogens with two attached hydrogens (primary N) is 1. The minimum atomic E-state index is 0.257. The van der Waals surface area contributed by atoms with Gasteiger partial charge in [-0.3, -0.25) is 4.99 Å². The topological polar surface area (TPSA) is 41.6 Å². The zero-order chi connectivity index (χ0) is 11.8. The van der Waals surface area contributed by atoms with E-state index in [1.165, 1.54) is 19.3 Å². The molecule has 0 amide bonds. The second-order valence-electron chi connectivity index (χ2n) is 5.71. The van der Waals surface area contributed by atoms with Gasteiger partial charge < -0.3 is 10.6 Å². The van der Waals surface area contributed by atoms with E-state index in [4.69, 9.17) is 5.73 Å². The summed E-state index contributed by atoms with van der Waals surface area (Å²) in [5, 5.41) is 0. The predicted molar refractivity (Wildman–Crippen MR) is 68.4 cm³/mol. The molecule has 3 atom stereocenters. The quantitative estimate of drug-likeness (QED) is 0.780. The predicted octanol–water partition coefficient (Wildman–Crippen LogP) is 2.22. The summed E-state index contributed by atoms with van der Waals surface area (Å²) in [5.41, 5.74) is 6.30. The molecule has 0 aromatic rings. The van der Waals surface area contributed by atoms with Crippen LogP contribution in [0.5, 0.6) is 0 Å². The summed E-state index contributed by atoms with van der Waals surface area (Å²) in [5.74, 6) is 2.36. The second kappa shape index (κ2) is 4.27. The first-order chi connectivity index (χ1) is 7.60. The molecule has 3 unspecified atom stereocenters. The van der Waals surface area contributed by atoms with Gasteiger partial charge in [0.1, 0.15) is 0 Å². The Bertz CT molecular complexity index is 287. The Morgan fingerprint density at radius 3 is 2.88 bits per heavy atom. The van der Waals surface area contributed by atoms with Crippen molar-refractivity contribution < 1.29 is 0 Å². The van der Waals surface area contributed by atoms with Gasteiger partial charge in [-0.2, -0.15) is 0 Å². The molecule has 16 heavy (non-hydrogen) atoms. The van der Waals surface area contributed by atoms with Crippen LogP contribution in [0.15, 0.2) is 4.99 Å². The lowest BCUT2D eigenvalue weighted by atomic mass is 9.69. The van der Waals surface area contributed by atoms with Crippen molar-refractivity contribution in [2.45, 2.75) is 52.0 Å². The van der Waals surface area contributed by atoms with E-state index in [9.17, 15) is 0 Å². The van der Waals surface area contributed by atoms with Gasteiger partial charge in [-0.15, -0.1) is 0 Å². The molecule has 1 fully saturated rings. The molecule has 0 radical (unpaired) electrons. The maximum Gasteiger partial charge on any atom is 0.191 e. The third-order valence-corrected chi connectivity index (χ3v) is 4.52. The lowest BCUT2D eigenvalue weighted by Crippen LogP contribution is -2.57. The normalized spacial score (nSPS) is 39.2. The lowest BCUT2D eigenvalue weighted by Gasteiger charge is -2.48. The maximum absolute atomic E-state index is 6.04. The van der Waals surface area contributed by atoms with Crippen LogP contribution in [0.3, 0.4) is 0 Å². The lowest BCUT2D eigenvalue weighted by molar-refractivity contribution is 0.0622. The molecule has 1 spiro atoms. The van der Waals surface area contributed by atoms with Crippen LogP contribution in [0.2, 0.25) is 0 Å². The first kappa shape index (κ1) is 11.7. The molecule has 0 aromatic carbocycles. The highest BCUT2D eigenvalue weighted by Crippen LogP contribution is 2.43. The van der Waals surface area contributed by atoms with Crippen LogP contribution >= 0.6 is 0 Å². The number of hydrogen-bond acceptors (Lipinski definition) is 3. The smallest absolute Gasteiger partial charge is 0.191 e. The molecule has 2 N–H and O–H groups in total. The van der Waals surface area contributed by atoms with Crippen molar-refractivity contribution in [1.29, 1.82) is 0 Å². The van der Waals surface area contributed by atoms with Crippen LogP contribution < -0.4 is 5.73 Å². The van der Waals surface area contributed by atoms with Crippen LogP contribution in [0, 0.1) is 11.8 Å². The Hall–Kier alpha value is -0.730. The molecular formula is C13H25N3. The summed E-state index contributed by atoms with van der Waals surface area (Å²) < 4.78 is 0. The molecule has 2 rings (SSSR count). The molecule has 2 aliphatic rings. The first-order valence-electron chi connectivity index (χ1n) is 6.67. The molecule has 0 bridgehead atoms. The van der Waals surface area contributed by atoms with E-state index in [1.54, 1.807) is 0 Å². The second-order valence-corrected chi connectivity index (χ2v) is 5.71. The number of hydrogen-bond donors (Lipinski definition) is 1. The van der Waals surface area contributed by atoms with Crippen LogP contribution in [0.25, 0.3) is 0 Å². The molecule has 1 aliphatic heterocycles. The van der Waals surface area contributed by atoms with Crippen molar-refractivity contribution in [1.82, 2.24) is 4.90 Å². The summed E-state index contributed by atoms with van der Waals surface area (Å²) >= 11 is 0. The van der Waals surface area contributed by atoms with Crippen LogP contribution in [-0.4, -0.2) is 29.5 Å². The SMILES string of the molecule is CCCN1C(N)=NCC12CCC(C)CC2C. The minimum absolute atomic E-state index is 0.257. The fourth-order valence-electron chi connectivity index (χ4n) is 3.50. The van der Waals surface area contributed by atoms with Crippen LogP contribution in [-0.2, 0) is 0 Å². The molecule has 1 saturated carbocycles. The molecule has 1 aliphatic carbocycles. The van der Waals surface area contributed by atoms with Crippen LogP contribution in [0.4, 0.5) is 0 Å². The van der Waals surface area contributed by atoms with Gasteiger partial charge in [0, 0.05) is 6.54 Å². The molecule has 3 heteroatoms. The van der Waals surface area contributed by atoms with Crippen molar-refractivity contribution in [3.05, 3.63) is 0 Å². The first-order valence-corrected chi connectivity index (χ1v) is 6.67. The Morgan fingerprint density at radius 1 is 1.50 bits per heavy atom. The van der Waals surface area contributed by atoms with E-state index in [0.29, 0.717) is 5.92 Å². The fourth-order valence-corrected chi connectivity index (χ4v) is 3.50. The Kier molecular flexibility index (Phi) is 3.13. The fraction of sp³-hybridized carbons (Fsp3) is 0.923. The summed E-state index contributed by atoms with van der Waals surface area (Å²) in [4.78, 5) is 6.90. The number of rotatable bonds is 2. The maximum atomic E-state index is 6.04. The Labute approximate surface area is 99.1 Å². The van der Waals surface area contributed by atoms with Gasteiger partial charge in [-0.1, -0.05) is 20.8 Å². The van der Waals surface area contributed by atoms with E-state index >= 15 is 0 Å². The molecule has 0 aromatic heterocycles. The van der Waals surface area contributed by atoms with Crippen molar-refractivity contribution in [3.63, 3.8) is 0 Å². The van der Waals surface area contributed by atoms with Crippen molar-refractivity contribution in [3.8, 4) is 0 Å². The highest BCUT2D eigenvalue weighted by molar-refractivity contribution is 5.81. The largest absolute Gasteiger partial charge is 0.370 e. The highest BCUT2D eigenvalue weighted by atomic mass is 15.4. The van der Waals surface area contributed by atoms with E-state index in [0.717, 1.165) is 31.4 Å². The highest BCUT2D eigenvalue weighted by Gasteiger charge is 2.48. The summed E-state index contributed by atoms with van der Waals surface area (Å²) in [6.07, 6.45) is 5.07. The van der Waals surface area contributed by atoms with Gasteiger partial charge in [0.15, 0.2) is 5.96 Å². The average molecular weight is 223 g/mol. The minimum Gasteiger partial charge on any atom is -0.370 e. The number of aliphatic imine (C=N–C) groups is 1. The van der Waals surface area contributed by atoms with E-state index in [1.807, 2.05) is 0 Å². The van der Waals surface area contributed by atoms with Gasteiger partial charge in [-0.05, 0) is 37.5 Å². The van der Waals surface area contributed by atoms with Crippen molar-refractivity contribution >= 4 is 5.96 Å². The van der Waals surface area contributed by atoms with Gasteiger partial charge in [0.2, 0.25) is 0 Å². The van der Waals surface area contributed by atoms with Crippen LogP contribution in [0.1, 0.15) is 46.5 Å². The standard InChI is InChI=1S/C13H25N3/c1-4-7-16-12(14)15-9-13(16)6-5-10(2)8-11(13)3/h10-11H,4-9H2,1-3H3,(H2,14,15). The summed E-state index contributed by atoms with van der Waals surface area (Å²) in [7, 11) is 0. The summed E-state index contributed by atoms with van der Waals surface area (Å²) in [6.45, 7) is 8.95. The van der Waals surface area contributed by atoms with E-state index < -0.39 is 0 Å². The summed E-state index contributed by atoms with van der Waals surface area (Å²) in [6, 6.07) is 0. The number of guanidine groups is 1. The molecular weight excluding hydrogens is 198 g/mol. The van der Waals surface area contributed by atoms with E-state index in [-0.39, 0.29) is 5.54 Å². The average Bonchev–Trinajstić information content (AvgIpc) is 2.55. The molecule has 3 nitrogen and oxygen atoms in total. The Balaban J connectivity index is 2.18. The zero-order valence-electron chi connectivity index (χ0n) is 10.9. The van der Waals surface area contributed by atoms with Gasteiger partial charge >= 0.3 is 0 Å².